The largest absolute Gasteiger partial charge is 0.383 e. The molecule has 0 heterocycles. The van der Waals surface area contributed by atoms with E-state index in [9.17, 15) is 4.79 Å². The minimum absolute atomic E-state index is 0.0550. The lowest BCUT2D eigenvalue weighted by Crippen LogP contribution is -2.33. The van der Waals surface area contributed by atoms with E-state index in [0.717, 1.165) is 0 Å². The van der Waals surface area contributed by atoms with Gasteiger partial charge in [0.05, 0.1) is 12.6 Å². The predicted octanol–water partition coefficient (Wildman–Crippen LogP) is -0.972. The summed E-state index contributed by atoms with van der Waals surface area (Å²) >= 11 is 0. The molecule has 0 saturated heterocycles. The molecule has 0 aliphatic heterocycles. The van der Waals surface area contributed by atoms with Crippen LogP contribution in [0.25, 0.3) is 0 Å². The number of carbonyl (C=O) groups is 1. The molecule has 1 unspecified atom stereocenters. The minimum Gasteiger partial charge on any atom is -0.383 e. The number of hydroxylamine groups is 1. The molecule has 1 amide bonds. The second-order valence-electron chi connectivity index (χ2n) is 2.23. The standard InChI is InChI=1S/C6H14N2O3/c1-5(3-10-2)8-11-4-6(7)9/h5,8H,3-4H2,1-2H3,(H2,7,9). The maximum Gasteiger partial charge on any atom is 0.245 e. The van der Waals surface area contributed by atoms with E-state index < -0.39 is 5.91 Å². The van der Waals surface area contributed by atoms with E-state index in [4.69, 9.17) is 15.3 Å². The van der Waals surface area contributed by atoms with Gasteiger partial charge in [-0.1, -0.05) is 0 Å². The van der Waals surface area contributed by atoms with Crippen LogP contribution in [-0.2, 0) is 14.4 Å². The first kappa shape index (κ1) is 10.3. The Labute approximate surface area is 65.8 Å². The van der Waals surface area contributed by atoms with Crippen LogP contribution in [-0.4, -0.2) is 32.3 Å². The SMILES string of the molecule is COCC(C)NOCC(N)=O. The normalized spacial score (nSPS) is 12.9. The third-order valence-corrected chi connectivity index (χ3v) is 0.916. The van der Waals surface area contributed by atoms with E-state index in [-0.39, 0.29) is 12.6 Å². The Morgan fingerprint density at radius 2 is 2.36 bits per heavy atom. The number of hydrogen-bond acceptors (Lipinski definition) is 4. The third kappa shape index (κ3) is 7.24. The number of methoxy groups -OCH3 is 1. The Morgan fingerprint density at radius 1 is 1.73 bits per heavy atom. The Hall–Kier alpha value is -0.650. The number of rotatable bonds is 6. The molecule has 3 N–H and O–H groups in total. The minimum atomic E-state index is -0.498. The number of nitrogens with two attached hydrogens (primary N) is 1. The quantitative estimate of drug-likeness (QED) is 0.493. The van der Waals surface area contributed by atoms with Gasteiger partial charge in [-0.15, -0.1) is 0 Å². The van der Waals surface area contributed by atoms with Gasteiger partial charge in [-0.2, -0.15) is 5.48 Å². The number of carbonyl (C=O) groups excluding carboxylic acids is 1. The maximum atomic E-state index is 10.2. The zero-order chi connectivity index (χ0) is 8.69. The molecule has 0 aliphatic rings. The van der Waals surface area contributed by atoms with Crippen LogP contribution in [0.15, 0.2) is 0 Å². The molecular weight excluding hydrogens is 148 g/mol. The fourth-order valence-electron chi connectivity index (χ4n) is 0.539. The number of amides is 1. The second kappa shape index (κ2) is 6.09. The zero-order valence-electron chi connectivity index (χ0n) is 6.79. The van der Waals surface area contributed by atoms with Crippen LogP contribution in [0.1, 0.15) is 6.92 Å². The Morgan fingerprint density at radius 3 is 2.82 bits per heavy atom. The molecule has 0 aromatic rings. The number of primary amides is 1. The molecule has 0 spiro atoms. The second-order valence-corrected chi connectivity index (χ2v) is 2.23. The topological polar surface area (TPSA) is 73.6 Å². The van der Waals surface area contributed by atoms with Crippen molar-refractivity contribution in [3.63, 3.8) is 0 Å². The molecule has 66 valence electrons. The summed E-state index contributed by atoms with van der Waals surface area (Å²) in [5.74, 6) is -0.498. The summed E-state index contributed by atoms with van der Waals surface area (Å²) in [6.45, 7) is 2.28. The van der Waals surface area contributed by atoms with Gasteiger partial charge in [0.15, 0.2) is 0 Å². The van der Waals surface area contributed by atoms with Gasteiger partial charge in [0, 0.05) is 7.11 Å². The zero-order valence-corrected chi connectivity index (χ0v) is 6.79. The fraction of sp³-hybridized carbons (Fsp3) is 0.833. The van der Waals surface area contributed by atoms with Crippen molar-refractivity contribution in [2.75, 3.05) is 20.3 Å². The van der Waals surface area contributed by atoms with Crippen LogP contribution in [0.5, 0.6) is 0 Å². The highest BCUT2D eigenvalue weighted by Crippen LogP contribution is 1.81. The summed E-state index contributed by atoms with van der Waals surface area (Å²) in [6.07, 6.45) is 0. The van der Waals surface area contributed by atoms with Gasteiger partial charge >= 0.3 is 0 Å². The summed E-state index contributed by atoms with van der Waals surface area (Å²) in [4.78, 5) is 14.9. The van der Waals surface area contributed by atoms with E-state index in [2.05, 4.69) is 5.48 Å². The van der Waals surface area contributed by atoms with Gasteiger partial charge in [0.2, 0.25) is 5.91 Å². The molecule has 5 nitrogen and oxygen atoms in total. The first-order valence-corrected chi connectivity index (χ1v) is 3.31. The molecule has 0 saturated carbocycles. The molecule has 0 aliphatic carbocycles. The number of hydrogen-bond donors (Lipinski definition) is 2. The van der Waals surface area contributed by atoms with Crippen molar-refractivity contribution in [1.29, 1.82) is 0 Å². The van der Waals surface area contributed by atoms with Gasteiger partial charge in [-0.25, -0.2) is 0 Å². The van der Waals surface area contributed by atoms with E-state index in [1.165, 1.54) is 0 Å². The lowest BCUT2D eigenvalue weighted by atomic mass is 10.4. The van der Waals surface area contributed by atoms with E-state index in [0.29, 0.717) is 6.61 Å². The van der Waals surface area contributed by atoms with Crippen LogP contribution in [0.4, 0.5) is 0 Å². The third-order valence-electron chi connectivity index (χ3n) is 0.916. The highest BCUT2D eigenvalue weighted by atomic mass is 16.6. The van der Waals surface area contributed by atoms with Gasteiger partial charge in [0.25, 0.3) is 0 Å². The van der Waals surface area contributed by atoms with Crippen LogP contribution in [0, 0.1) is 0 Å². The van der Waals surface area contributed by atoms with Crippen molar-refractivity contribution in [3.8, 4) is 0 Å². The molecule has 0 aromatic carbocycles. The molecule has 11 heavy (non-hydrogen) atoms. The van der Waals surface area contributed by atoms with Crippen molar-refractivity contribution in [1.82, 2.24) is 5.48 Å². The number of ether oxygens (including phenoxy) is 1. The summed E-state index contributed by atoms with van der Waals surface area (Å²) in [7, 11) is 1.59. The predicted molar refractivity (Wildman–Crippen MR) is 39.6 cm³/mol. The van der Waals surface area contributed by atoms with Crippen LogP contribution in [0.3, 0.4) is 0 Å². The maximum absolute atomic E-state index is 10.2. The summed E-state index contributed by atoms with van der Waals surface area (Å²) in [5.41, 5.74) is 7.41. The van der Waals surface area contributed by atoms with Gasteiger partial charge in [-0.05, 0) is 6.92 Å². The molecule has 1 atom stereocenters. The lowest BCUT2D eigenvalue weighted by molar-refractivity contribution is -0.126. The molecule has 0 bridgehead atoms. The lowest BCUT2D eigenvalue weighted by Gasteiger charge is -2.10. The molecule has 5 heteroatoms. The van der Waals surface area contributed by atoms with E-state index >= 15 is 0 Å². The highest BCUT2D eigenvalue weighted by Gasteiger charge is 2.00. The van der Waals surface area contributed by atoms with Crippen molar-refractivity contribution in [2.45, 2.75) is 13.0 Å². The highest BCUT2D eigenvalue weighted by molar-refractivity contribution is 5.74. The van der Waals surface area contributed by atoms with E-state index in [1.54, 1.807) is 7.11 Å². The van der Waals surface area contributed by atoms with Gasteiger partial charge in [-0.3, -0.25) is 9.63 Å². The van der Waals surface area contributed by atoms with Crippen molar-refractivity contribution < 1.29 is 14.4 Å². The molecule has 0 radical (unpaired) electrons. The average molecular weight is 162 g/mol. The first-order chi connectivity index (χ1) is 5.16. The number of nitrogens with one attached hydrogen (secondary N) is 1. The summed E-state index contributed by atoms with van der Waals surface area (Å²) < 4.78 is 4.80. The Balaban J connectivity index is 3.16. The van der Waals surface area contributed by atoms with Gasteiger partial charge in [0.1, 0.15) is 6.61 Å². The molecule has 0 fully saturated rings. The monoisotopic (exact) mass is 162 g/mol. The Bertz CT molecular complexity index is 118. The molecule has 0 aromatic heterocycles. The van der Waals surface area contributed by atoms with Crippen LogP contribution >= 0.6 is 0 Å². The summed E-state index contributed by atoms with van der Waals surface area (Å²) in [5, 5.41) is 0. The van der Waals surface area contributed by atoms with Gasteiger partial charge < -0.3 is 10.5 Å². The Kier molecular flexibility index (Phi) is 5.73. The molecular formula is C6H14N2O3. The first-order valence-electron chi connectivity index (χ1n) is 3.31. The van der Waals surface area contributed by atoms with Crippen LogP contribution < -0.4 is 11.2 Å². The van der Waals surface area contributed by atoms with Crippen molar-refractivity contribution in [3.05, 3.63) is 0 Å². The van der Waals surface area contributed by atoms with Crippen LogP contribution in [0.2, 0.25) is 0 Å². The van der Waals surface area contributed by atoms with Crippen molar-refractivity contribution >= 4 is 5.91 Å². The fourth-order valence-corrected chi connectivity index (χ4v) is 0.539. The van der Waals surface area contributed by atoms with Crippen molar-refractivity contribution in [2.24, 2.45) is 5.73 Å². The summed E-state index contributed by atoms with van der Waals surface area (Å²) in [6, 6.07) is 0.0550. The smallest absolute Gasteiger partial charge is 0.245 e. The van der Waals surface area contributed by atoms with E-state index in [1.807, 2.05) is 6.92 Å². The molecule has 0 rings (SSSR count). The average Bonchev–Trinajstić information content (AvgIpc) is 1.87.